The Labute approximate surface area is 251 Å². The van der Waals surface area contributed by atoms with Crippen molar-refractivity contribution in [2.75, 3.05) is 13.1 Å². The fourth-order valence-corrected chi connectivity index (χ4v) is 4.65. The van der Waals surface area contributed by atoms with E-state index in [0.29, 0.717) is 32.4 Å². The van der Waals surface area contributed by atoms with Crippen molar-refractivity contribution in [1.29, 1.82) is 5.26 Å². The van der Waals surface area contributed by atoms with Gasteiger partial charge in [0, 0.05) is 19.5 Å². The number of amides is 3. The standard InChI is InChI=1S/C23H33N3O2S.C5H6N2O.2C2H6/c1-7-18(11-10-16(2)21-17(3)25-15-29-21)14-24-22(28)19-9-8-12-26(19)20(27)13-23(4,5)6;6-3-5(1-2-5)4(7)8;2*1-2/h7,10-11,15,19H,2,8-9,12-14H2,1,3-6H3,(H,24,28);1-2H2,(H2,7,8);2*1-2H3/b11-10-,18-7+;;;. The van der Waals surface area contributed by atoms with Gasteiger partial charge in [-0.15, -0.1) is 11.3 Å². The van der Waals surface area contributed by atoms with Gasteiger partial charge in [-0.3, -0.25) is 14.4 Å². The van der Waals surface area contributed by atoms with Crippen molar-refractivity contribution < 1.29 is 14.4 Å². The summed E-state index contributed by atoms with van der Waals surface area (Å²) in [5.74, 6) is -0.479. The topological polar surface area (TPSA) is 129 Å². The number of thiazole rings is 1. The van der Waals surface area contributed by atoms with Gasteiger partial charge in [0.1, 0.15) is 11.5 Å². The first-order valence-electron chi connectivity index (χ1n) is 14.5. The minimum atomic E-state index is -0.764. The van der Waals surface area contributed by atoms with Gasteiger partial charge in [-0.1, -0.05) is 73.3 Å². The molecule has 1 aliphatic heterocycles. The van der Waals surface area contributed by atoms with E-state index in [1.165, 1.54) is 0 Å². The summed E-state index contributed by atoms with van der Waals surface area (Å²) in [6.07, 6.45) is 9.26. The van der Waals surface area contributed by atoms with Gasteiger partial charge in [-0.2, -0.15) is 5.26 Å². The number of primary amides is 1. The molecule has 3 rings (SSSR count). The maximum Gasteiger partial charge on any atom is 0.243 e. The predicted molar refractivity (Wildman–Crippen MR) is 170 cm³/mol. The molecule has 2 heterocycles. The number of aryl methyl sites for hydroxylation is 1. The number of carbonyl (C=O) groups is 3. The monoisotopic (exact) mass is 585 g/mol. The van der Waals surface area contributed by atoms with Crippen molar-refractivity contribution >= 4 is 34.6 Å². The number of nitrogens with one attached hydrogen (secondary N) is 1. The van der Waals surface area contributed by atoms with Crippen LogP contribution in [0.15, 0.2) is 35.9 Å². The van der Waals surface area contributed by atoms with Crippen LogP contribution in [0.25, 0.3) is 5.57 Å². The Morgan fingerprint density at radius 3 is 2.27 bits per heavy atom. The highest BCUT2D eigenvalue weighted by molar-refractivity contribution is 7.11. The summed E-state index contributed by atoms with van der Waals surface area (Å²) in [5.41, 5.74) is 8.73. The van der Waals surface area contributed by atoms with Crippen molar-refractivity contribution in [3.63, 3.8) is 0 Å². The summed E-state index contributed by atoms with van der Waals surface area (Å²) >= 11 is 1.57. The number of rotatable bonds is 8. The zero-order valence-corrected chi connectivity index (χ0v) is 27.4. The van der Waals surface area contributed by atoms with Gasteiger partial charge in [0.25, 0.3) is 0 Å². The molecule has 1 saturated carbocycles. The van der Waals surface area contributed by atoms with Gasteiger partial charge in [-0.25, -0.2) is 4.98 Å². The van der Waals surface area contributed by atoms with Crippen LogP contribution in [0.1, 0.15) is 98.1 Å². The van der Waals surface area contributed by atoms with E-state index in [9.17, 15) is 14.4 Å². The van der Waals surface area contributed by atoms with E-state index in [2.05, 4.69) is 16.9 Å². The SMILES string of the molecule is C=C(/C=C\C(=C/C)CNC(=O)C1CCCN1C(=O)CC(C)(C)C)c1scnc1C.CC.CC.N#CC1(C(N)=O)CC1. The van der Waals surface area contributed by atoms with Crippen LogP contribution < -0.4 is 11.1 Å². The number of nitriles is 1. The average molecular weight is 586 g/mol. The van der Waals surface area contributed by atoms with Crippen molar-refractivity contribution in [2.45, 2.75) is 100 Å². The zero-order valence-electron chi connectivity index (χ0n) is 26.6. The maximum absolute atomic E-state index is 12.7. The fourth-order valence-electron chi connectivity index (χ4n) is 3.89. The van der Waals surface area contributed by atoms with Crippen molar-refractivity contribution in [3.05, 3.63) is 46.5 Å². The van der Waals surface area contributed by atoms with E-state index < -0.39 is 11.3 Å². The largest absolute Gasteiger partial charge is 0.368 e. The summed E-state index contributed by atoms with van der Waals surface area (Å²) in [6.45, 7) is 23.2. The van der Waals surface area contributed by atoms with Crippen molar-refractivity contribution in [3.8, 4) is 6.07 Å². The highest BCUT2D eigenvalue weighted by Gasteiger charge is 2.49. The van der Waals surface area contributed by atoms with Crippen molar-refractivity contribution in [1.82, 2.24) is 15.2 Å². The number of nitrogens with two attached hydrogens (primary N) is 1. The molecule has 1 saturated heterocycles. The lowest BCUT2D eigenvalue weighted by atomic mass is 9.91. The molecule has 0 spiro atoms. The molecule has 2 fully saturated rings. The first-order chi connectivity index (χ1) is 19.3. The minimum Gasteiger partial charge on any atom is -0.368 e. The minimum absolute atomic E-state index is 0.0672. The van der Waals surface area contributed by atoms with E-state index >= 15 is 0 Å². The van der Waals surface area contributed by atoms with Crippen LogP contribution in [-0.2, 0) is 14.4 Å². The van der Waals surface area contributed by atoms with Crippen LogP contribution in [0.3, 0.4) is 0 Å². The lowest BCUT2D eigenvalue weighted by Gasteiger charge is -2.27. The molecule has 3 amide bonds. The van der Waals surface area contributed by atoms with Crippen molar-refractivity contribution in [2.24, 2.45) is 16.6 Å². The Balaban J connectivity index is 0.00000112. The van der Waals surface area contributed by atoms with Gasteiger partial charge >= 0.3 is 0 Å². The van der Waals surface area contributed by atoms with Crippen LogP contribution in [0.4, 0.5) is 0 Å². The number of likely N-dealkylation sites (tertiary alicyclic amines) is 1. The molecule has 1 aromatic rings. The molecular weight excluding hydrogens is 534 g/mol. The number of hydrogen-bond donors (Lipinski definition) is 2. The number of allylic oxidation sites excluding steroid dienone is 3. The van der Waals surface area contributed by atoms with E-state index in [4.69, 9.17) is 11.0 Å². The normalized spacial score (nSPS) is 17.0. The molecule has 0 radical (unpaired) electrons. The molecule has 1 aromatic heterocycles. The summed E-state index contributed by atoms with van der Waals surface area (Å²) in [6, 6.07) is 1.52. The fraction of sp³-hybridized carbons (Fsp3) is 0.594. The molecule has 8 nitrogen and oxygen atoms in total. The van der Waals surface area contributed by atoms with Crippen LogP contribution in [0.5, 0.6) is 0 Å². The van der Waals surface area contributed by atoms with Crippen LogP contribution >= 0.6 is 11.3 Å². The second-order valence-electron chi connectivity index (χ2n) is 10.7. The molecular formula is C32H51N5O3S. The maximum atomic E-state index is 12.7. The van der Waals surface area contributed by atoms with Gasteiger partial charge < -0.3 is 16.0 Å². The highest BCUT2D eigenvalue weighted by Crippen LogP contribution is 2.44. The number of aromatic nitrogens is 1. The second kappa shape index (κ2) is 18.2. The third-order valence-electron chi connectivity index (χ3n) is 6.37. The van der Waals surface area contributed by atoms with E-state index in [-0.39, 0.29) is 23.3 Å². The molecule has 2 aliphatic rings. The first-order valence-corrected chi connectivity index (χ1v) is 15.4. The van der Waals surface area contributed by atoms with Gasteiger partial charge in [0.05, 0.1) is 22.2 Å². The summed E-state index contributed by atoms with van der Waals surface area (Å²) in [4.78, 5) is 42.7. The van der Waals surface area contributed by atoms with E-state index in [1.807, 2.05) is 92.1 Å². The molecule has 41 heavy (non-hydrogen) atoms. The molecule has 1 aliphatic carbocycles. The van der Waals surface area contributed by atoms with Gasteiger partial charge in [0.2, 0.25) is 17.7 Å². The molecule has 3 N–H and O–H groups in total. The highest BCUT2D eigenvalue weighted by atomic mass is 32.1. The van der Waals surface area contributed by atoms with Crippen LogP contribution in [0, 0.1) is 29.1 Å². The Morgan fingerprint density at radius 1 is 1.24 bits per heavy atom. The second-order valence-corrected chi connectivity index (χ2v) is 11.6. The number of carbonyl (C=O) groups excluding carboxylic acids is 3. The summed E-state index contributed by atoms with van der Waals surface area (Å²) < 4.78 is 0. The Hall–Kier alpha value is -3.25. The third-order valence-corrected chi connectivity index (χ3v) is 7.37. The van der Waals surface area contributed by atoms with Gasteiger partial charge in [0.15, 0.2) is 0 Å². The lowest BCUT2D eigenvalue weighted by Crippen LogP contribution is -2.47. The Bertz CT molecular complexity index is 1120. The Kier molecular flexibility index (Phi) is 16.8. The number of nitrogens with zero attached hydrogens (tertiary/aromatic N) is 3. The molecule has 1 atom stereocenters. The van der Waals surface area contributed by atoms with Crippen LogP contribution in [-0.4, -0.2) is 46.7 Å². The molecule has 9 heteroatoms. The van der Waals surface area contributed by atoms with Gasteiger partial charge in [-0.05, 0) is 56.1 Å². The zero-order chi connectivity index (χ0) is 31.8. The number of hydrogen-bond acceptors (Lipinski definition) is 6. The van der Waals surface area contributed by atoms with E-state index in [1.54, 1.807) is 16.2 Å². The quantitative estimate of drug-likeness (QED) is 0.344. The predicted octanol–water partition coefficient (Wildman–Crippen LogP) is 6.34. The average Bonchev–Trinajstić information content (AvgIpc) is 3.38. The first kappa shape index (κ1) is 37.8. The third kappa shape index (κ3) is 12.4. The molecule has 1 unspecified atom stereocenters. The van der Waals surface area contributed by atoms with Crippen LogP contribution in [0.2, 0.25) is 0 Å². The Morgan fingerprint density at radius 2 is 1.85 bits per heavy atom. The molecule has 0 aromatic carbocycles. The molecule has 0 bridgehead atoms. The summed E-state index contributed by atoms with van der Waals surface area (Å²) in [7, 11) is 0. The summed E-state index contributed by atoms with van der Waals surface area (Å²) in [5, 5.41) is 11.3. The smallest absolute Gasteiger partial charge is 0.243 e. The molecule has 228 valence electrons. The van der Waals surface area contributed by atoms with E-state index in [0.717, 1.165) is 34.6 Å². The lowest BCUT2D eigenvalue weighted by molar-refractivity contribution is -0.139.